The minimum Gasteiger partial charge on any atom is -0.444 e. The lowest BCUT2D eigenvalue weighted by Crippen LogP contribution is -2.48. The lowest BCUT2D eigenvalue weighted by atomic mass is 9.91. The standard InChI is InChI=1S/C22H42N4O4.HI/c1-5-23-20(24-13-6-14-29-19-11-15-28-16-12-19)25-17-7-9-18(10-8-17)26-21(27)30-22(2,3)4;/h17-19H,5-16H2,1-4H3,(H,26,27)(H2,23,24,25);1H. The number of hydrogen-bond donors (Lipinski definition) is 3. The molecule has 0 unspecified atom stereocenters. The highest BCUT2D eigenvalue weighted by Crippen LogP contribution is 2.19. The number of nitrogens with one attached hydrogen (secondary N) is 3. The summed E-state index contributed by atoms with van der Waals surface area (Å²) in [4.78, 5) is 16.6. The molecule has 182 valence electrons. The molecule has 1 amide bonds. The second-order valence-corrected chi connectivity index (χ2v) is 9.14. The Kier molecular flexibility index (Phi) is 13.8. The van der Waals surface area contributed by atoms with Crippen molar-refractivity contribution in [3.8, 4) is 0 Å². The number of carbonyl (C=O) groups excluding carboxylic acids is 1. The van der Waals surface area contributed by atoms with Gasteiger partial charge in [-0.05, 0) is 72.6 Å². The molecule has 2 aliphatic rings. The predicted molar refractivity (Wildman–Crippen MR) is 134 cm³/mol. The Hall–Kier alpha value is -0.810. The number of amides is 1. The first-order chi connectivity index (χ1) is 14.4. The third kappa shape index (κ3) is 12.7. The topological polar surface area (TPSA) is 93.2 Å². The smallest absolute Gasteiger partial charge is 0.407 e. The van der Waals surface area contributed by atoms with Crippen LogP contribution in [0.5, 0.6) is 0 Å². The lowest BCUT2D eigenvalue weighted by Gasteiger charge is -2.31. The summed E-state index contributed by atoms with van der Waals surface area (Å²) < 4.78 is 16.6. The predicted octanol–water partition coefficient (Wildman–Crippen LogP) is 3.58. The van der Waals surface area contributed by atoms with Gasteiger partial charge >= 0.3 is 6.09 Å². The van der Waals surface area contributed by atoms with Crippen molar-refractivity contribution in [3.63, 3.8) is 0 Å². The van der Waals surface area contributed by atoms with Crippen molar-refractivity contribution in [2.45, 2.75) is 96.4 Å². The van der Waals surface area contributed by atoms with Crippen molar-refractivity contribution in [2.24, 2.45) is 4.99 Å². The maximum absolute atomic E-state index is 11.9. The van der Waals surface area contributed by atoms with Gasteiger partial charge in [0, 0.05) is 45.0 Å². The number of carbonyl (C=O) groups is 1. The van der Waals surface area contributed by atoms with Crippen LogP contribution in [0.25, 0.3) is 0 Å². The van der Waals surface area contributed by atoms with Crippen molar-refractivity contribution >= 4 is 36.0 Å². The number of guanidine groups is 1. The largest absolute Gasteiger partial charge is 0.444 e. The summed E-state index contributed by atoms with van der Waals surface area (Å²) in [6, 6.07) is 0.553. The minimum absolute atomic E-state index is 0. The summed E-state index contributed by atoms with van der Waals surface area (Å²) >= 11 is 0. The van der Waals surface area contributed by atoms with Gasteiger partial charge in [0.05, 0.1) is 6.10 Å². The van der Waals surface area contributed by atoms with E-state index in [0.717, 1.165) is 83.8 Å². The summed E-state index contributed by atoms with van der Waals surface area (Å²) in [6.45, 7) is 11.7. The van der Waals surface area contributed by atoms with E-state index in [1.807, 2.05) is 20.8 Å². The van der Waals surface area contributed by atoms with Crippen LogP contribution in [0.1, 0.15) is 72.6 Å². The number of hydrogen-bond acceptors (Lipinski definition) is 5. The molecule has 0 aromatic rings. The van der Waals surface area contributed by atoms with Gasteiger partial charge in [0.2, 0.25) is 0 Å². The fraction of sp³-hybridized carbons (Fsp3) is 0.909. The Balaban J connectivity index is 0.00000480. The van der Waals surface area contributed by atoms with Crippen LogP contribution in [0, 0.1) is 0 Å². The molecule has 0 aromatic carbocycles. The summed E-state index contributed by atoms with van der Waals surface area (Å²) in [5.41, 5.74) is -0.462. The molecule has 2 fully saturated rings. The number of ether oxygens (including phenoxy) is 3. The number of alkyl carbamates (subject to hydrolysis) is 1. The van der Waals surface area contributed by atoms with E-state index in [1.165, 1.54) is 0 Å². The molecule has 1 saturated heterocycles. The maximum atomic E-state index is 11.9. The van der Waals surface area contributed by atoms with E-state index in [0.29, 0.717) is 12.1 Å². The molecule has 9 heteroatoms. The van der Waals surface area contributed by atoms with Crippen LogP contribution in [0.4, 0.5) is 4.79 Å². The number of rotatable bonds is 8. The van der Waals surface area contributed by atoms with E-state index >= 15 is 0 Å². The summed E-state index contributed by atoms with van der Waals surface area (Å²) in [5, 5.41) is 9.87. The summed E-state index contributed by atoms with van der Waals surface area (Å²) in [5.74, 6) is 0.868. The highest BCUT2D eigenvalue weighted by molar-refractivity contribution is 14.0. The van der Waals surface area contributed by atoms with E-state index in [1.54, 1.807) is 0 Å². The zero-order valence-corrected chi connectivity index (χ0v) is 22.0. The molecule has 31 heavy (non-hydrogen) atoms. The first kappa shape index (κ1) is 28.2. The highest BCUT2D eigenvalue weighted by atomic mass is 127. The van der Waals surface area contributed by atoms with Gasteiger partial charge in [0.1, 0.15) is 5.60 Å². The van der Waals surface area contributed by atoms with E-state index in [2.05, 4.69) is 22.9 Å². The van der Waals surface area contributed by atoms with Crippen LogP contribution >= 0.6 is 24.0 Å². The molecule has 2 rings (SSSR count). The molecule has 0 atom stereocenters. The van der Waals surface area contributed by atoms with Crippen LogP contribution in [-0.4, -0.2) is 68.8 Å². The van der Waals surface area contributed by atoms with Crippen molar-refractivity contribution in [1.82, 2.24) is 16.0 Å². The normalized spacial score (nSPS) is 22.9. The molecular formula is C22H43IN4O4. The van der Waals surface area contributed by atoms with Crippen molar-refractivity contribution in [2.75, 3.05) is 32.9 Å². The van der Waals surface area contributed by atoms with Crippen LogP contribution in [0.15, 0.2) is 4.99 Å². The average molecular weight is 555 g/mol. The summed E-state index contributed by atoms with van der Waals surface area (Å²) in [7, 11) is 0. The van der Waals surface area contributed by atoms with Gasteiger partial charge in [-0.2, -0.15) is 0 Å². The first-order valence-corrected chi connectivity index (χ1v) is 11.6. The van der Waals surface area contributed by atoms with Gasteiger partial charge in [-0.25, -0.2) is 4.79 Å². The Morgan fingerprint density at radius 2 is 1.65 bits per heavy atom. The molecule has 0 spiro atoms. The van der Waals surface area contributed by atoms with Gasteiger partial charge in [-0.15, -0.1) is 24.0 Å². The second-order valence-electron chi connectivity index (χ2n) is 9.14. The molecule has 0 bridgehead atoms. The number of aliphatic imine (C=N–C) groups is 1. The van der Waals surface area contributed by atoms with Crippen LogP contribution in [0.2, 0.25) is 0 Å². The molecule has 8 nitrogen and oxygen atoms in total. The second kappa shape index (κ2) is 15.1. The molecule has 0 radical (unpaired) electrons. The summed E-state index contributed by atoms with van der Waals surface area (Å²) in [6.07, 6.45) is 6.81. The van der Waals surface area contributed by atoms with Gasteiger partial charge in [0.15, 0.2) is 5.96 Å². The number of nitrogens with zero attached hydrogens (tertiary/aromatic N) is 1. The Morgan fingerprint density at radius 3 is 2.23 bits per heavy atom. The Morgan fingerprint density at radius 1 is 1.03 bits per heavy atom. The number of halogens is 1. The fourth-order valence-corrected chi connectivity index (χ4v) is 3.72. The monoisotopic (exact) mass is 554 g/mol. The Bertz CT molecular complexity index is 528. The Labute approximate surface area is 205 Å². The first-order valence-electron chi connectivity index (χ1n) is 11.6. The van der Waals surface area contributed by atoms with Crippen LogP contribution < -0.4 is 16.0 Å². The van der Waals surface area contributed by atoms with E-state index in [4.69, 9.17) is 19.2 Å². The molecule has 0 aromatic heterocycles. The zero-order valence-electron chi connectivity index (χ0n) is 19.7. The quantitative estimate of drug-likeness (QED) is 0.184. The van der Waals surface area contributed by atoms with Gasteiger partial charge in [-0.1, -0.05) is 0 Å². The van der Waals surface area contributed by atoms with Gasteiger partial charge in [0.25, 0.3) is 0 Å². The molecule has 1 heterocycles. The molecule has 1 saturated carbocycles. The van der Waals surface area contributed by atoms with Crippen molar-refractivity contribution < 1.29 is 19.0 Å². The highest BCUT2D eigenvalue weighted by Gasteiger charge is 2.25. The molecular weight excluding hydrogens is 511 g/mol. The molecule has 1 aliphatic heterocycles. The van der Waals surface area contributed by atoms with Gasteiger partial charge in [-0.3, -0.25) is 4.99 Å². The van der Waals surface area contributed by atoms with Crippen LogP contribution in [-0.2, 0) is 14.2 Å². The minimum atomic E-state index is -0.462. The third-order valence-corrected chi connectivity index (χ3v) is 5.23. The zero-order chi connectivity index (χ0) is 21.8. The molecule has 1 aliphatic carbocycles. The fourth-order valence-electron chi connectivity index (χ4n) is 3.72. The SMILES string of the molecule is CCNC(=NCCCOC1CCOCC1)NC1CCC(NC(=O)OC(C)(C)C)CC1.I. The average Bonchev–Trinajstić information content (AvgIpc) is 2.68. The van der Waals surface area contributed by atoms with E-state index < -0.39 is 5.60 Å². The maximum Gasteiger partial charge on any atom is 0.407 e. The third-order valence-electron chi connectivity index (χ3n) is 5.23. The molecule has 3 N–H and O–H groups in total. The van der Waals surface area contributed by atoms with Gasteiger partial charge < -0.3 is 30.2 Å². The van der Waals surface area contributed by atoms with E-state index in [9.17, 15) is 4.79 Å². The van der Waals surface area contributed by atoms with E-state index in [-0.39, 0.29) is 36.1 Å². The lowest BCUT2D eigenvalue weighted by molar-refractivity contribution is -0.0318. The van der Waals surface area contributed by atoms with Crippen LogP contribution in [0.3, 0.4) is 0 Å². The van der Waals surface area contributed by atoms with Crippen molar-refractivity contribution in [3.05, 3.63) is 0 Å². The van der Waals surface area contributed by atoms with Crippen molar-refractivity contribution in [1.29, 1.82) is 0 Å².